The Bertz CT molecular complexity index is 438. The van der Waals surface area contributed by atoms with E-state index in [1.165, 1.54) is 6.42 Å². The van der Waals surface area contributed by atoms with E-state index in [1.807, 2.05) is 42.2 Å². The zero-order chi connectivity index (χ0) is 14.5. The largest absolute Gasteiger partial charge is 0.342 e. The van der Waals surface area contributed by atoms with E-state index in [0.29, 0.717) is 0 Å². The van der Waals surface area contributed by atoms with Crippen LogP contribution >= 0.6 is 12.4 Å². The lowest BCUT2D eigenvalue weighted by Crippen LogP contribution is -2.40. The minimum Gasteiger partial charge on any atom is -0.342 e. The second-order valence-corrected chi connectivity index (χ2v) is 6.09. The first-order valence-corrected chi connectivity index (χ1v) is 7.69. The van der Waals surface area contributed by atoms with Gasteiger partial charge in [-0.25, -0.2) is 0 Å². The molecule has 0 spiro atoms. The van der Waals surface area contributed by atoms with Crippen LogP contribution in [0.1, 0.15) is 44.7 Å². The zero-order valence-electron chi connectivity index (χ0n) is 13.0. The lowest BCUT2D eigenvalue weighted by molar-refractivity contribution is -0.135. The molecule has 0 saturated carbocycles. The number of hydrogen-bond acceptors (Lipinski definition) is 2. The fraction of sp³-hybridized carbons (Fsp3) is 0.588. The topological polar surface area (TPSA) is 46.3 Å². The number of halogens is 1. The number of nitrogens with two attached hydrogens (primary N) is 1. The molecular weight excluding hydrogens is 284 g/mol. The van der Waals surface area contributed by atoms with Gasteiger partial charge in [0.1, 0.15) is 0 Å². The first-order valence-electron chi connectivity index (χ1n) is 7.69. The Balaban J connectivity index is 0.00000220. The van der Waals surface area contributed by atoms with Gasteiger partial charge < -0.3 is 10.6 Å². The van der Waals surface area contributed by atoms with Crippen molar-refractivity contribution in [3.05, 3.63) is 35.9 Å². The molecule has 1 saturated heterocycles. The molecule has 1 aliphatic heterocycles. The molecular formula is C17H27ClN2O. The maximum Gasteiger partial charge on any atom is 0.227 e. The molecule has 3 atom stereocenters. The van der Waals surface area contributed by atoms with Crippen molar-refractivity contribution in [3.8, 4) is 0 Å². The second kappa shape index (κ2) is 8.40. The molecule has 21 heavy (non-hydrogen) atoms. The normalized spacial score (nSPS) is 21.9. The Morgan fingerprint density at radius 2 is 1.90 bits per heavy atom. The highest BCUT2D eigenvalue weighted by molar-refractivity contribution is 5.85. The van der Waals surface area contributed by atoms with Crippen molar-refractivity contribution in [3.63, 3.8) is 0 Å². The van der Waals surface area contributed by atoms with Crippen molar-refractivity contribution in [2.24, 2.45) is 17.6 Å². The summed E-state index contributed by atoms with van der Waals surface area (Å²) in [6, 6.07) is 9.70. The Morgan fingerprint density at radius 3 is 2.57 bits per heavy atom. The molecule has 2 rings (SSSR count). The van der Waals surface area contributed by atoms with E-state index in [9.17, 15) is 4.79 Å². The molecule has 1 amide bonds. The Hall–Kier alpha value is -1.06. The molecule has 0 bridgehead atoms. The van der Waals surface area contributed by atoms with E-state index in [4.69, 9.17) is 5.73 Å². The summed E-state index contributed by atoms with van der Waals surface area (Å²) in [7, 11) is 0. The van der Waals surface area contributed by atoms with Gasteiger partial charge in [-0.15, -0.1) is 12.4 Å². The number of hydrogen-bond donors (Lipinski definition) is 1. The van der Waals surface area contributed by atoms with Crippen LogP contribution in [0.15, 0.2) is 30.3 Å². The molecule has 3 nitrogen and oxygen atoms in total. The summed E-state index contributed by atoms with van der Waals surface area (Å²) in [6.45, 7) is 5.99. The van der Waals surface area contributed by atoms with Crippen molar-refractivity contribution in [1.29, 1.82) is 0 Å². The number of carbonyl (C=O) groups is 1. The molecule has 1 aromatic rings. The van der Waals surface area contributed by atoms with E-state index in [2.05, 4.69) is 6.92 Å². The number of carbonyl (C=O) groups excluding carboxylic acids is 1. The highest BCUT2D eigenvalue weighted by atomic mass is 35.5. The lowest BCUT2D eigenvalue weighted by Gasteiger charge is -2.27. The van der Waals surface area contributed by atoms with Gasteiger partial charge in [-0.05, 0) is 30.7 Å². The van der Waals surface area contributed by atoms with Crippen LogP contribution in [0.4, 0.5) is 0 Å². The van der Waals surface area contributed by atoms with Crippen LogP contribution in [-0.2, 0) is 4.79 Å². The van der Waals surface area contributed by atoms with Crippen molar-refractivity contribution in [1.82, 2.24) is 4.90 Å². The molecule has 1 heterocycles. The predicted molar refractivity (Wildman–Crippen MR) is 89.4 cm³/mol. The third-order valence-electron chi connectivity index (χ3n) is 4.44. The van der Waals surface area contributed by atoms with E-state index < -0.39 is 0 Å². The van der Waals surface area contributed by atoms with Gasteiger partial charge in [-0.3, -0.25) is 4.79 Å². The standard InChI is InChI=1S/C17H26N2O.ClH/c1-13-7-6-11-19(12-10-13)17(20)14(2)16(18)15-8-4-3-5-9-15;/h3-5,8-9,13-14,16H,6-7,10-12,18H2,1-2H3;1H. The maximum absolute atomic E-state index is 12.6. The van der Waals surface area contributed by atoms with Crippen molar-refractivity contribution in [2.75, 3.05) is 13.1 Å². The fourth-order valence-electron chi connectivity index (χ4n) is 2.89. The minimum atomic E-state index is -0.218. The second-order valence-electron chi connectivity index (χ2n) is 6.09. The smallest absolute Gasteiger partial charge is 0.227 e. The van der Waals surface area contributed by atoms with E-state index in [0.717, 1.165) is 37.4 Å². The summed E-state index contributed by atoms with van der Waals surface area (Å²) in [4.78, 5) is 14.6. The first kappa shape index (κ1) is 18.0. The van der Waals surface area contributed by atoms with Gasteiger partial charge in [-0.1, -0.05) is 44.2 Å². The molecule has 2 N–H and O–H groups in total. The van der Waals surface area contributed by atoms with Gasteiger partial charge in [0.05, 0.1) is 5.92 Å². The quantitative estimate of drug-likeness (QED) is 0.930. The average Bonchev–Trinajstić information content (AvgIpc) is 2.70. The van der Waals surface area contributed by atoms with Crippen LogP contribution in [0, 0.1) is 11.8 Å². The summed E-state index contributed by atoms with van der Waals surface area (Å²) in [5, 5.41) is 0. The molecule has 1 aliphatic rings. The highest BCUT2D eigenvalue weighted by Gasteiger charge is 2.27. The SMILES string of the molecule is CC1CCCN(C(=O)C(C)C(N)c2ccccc2)CC1.Cl. The van der Waals surface area contributed by atoms with Crippen LogP contribution in [0.2, 0.25) is 0 Å². The van der Waals surface area contributed by atoms with Gasteiger partial charge in [-0.2, -0.15) is 0 Å². The number of nitrogens with zero attached hydrogens (tertiary/aromatic N) is 1. The fourth-order valence-corrected chi connectivity index (χ4v) is 2.89. The molecule has 118 valence electrons. The van der Waals surface area contributed by atoms with Crippen LogP contribution in [0.25, 0.3) is 0 Å². The summed E-state index contributed by atoms with van der Waals surface area (Å²) >= 11 is 0. The molecule has 0 aliphatic carbocycles. The van der Waals surface area contributed by atoms with E-state index in [1.54, 1.807) is 0 Å². The van der Waals surface area contributed by atoms with Crippen molar-refractivity contribution < 1.29 is 4.79 Å². The van der Waals surface area contributed by atoms with Gasteiger partial charge in [0, 0.05) is 19.1 Å². The maximum atomic E-state index is 12.6. The monoisotopic (exact) mass is 310 g/mol. The third kappa shape index (κ3) is 4.72. The Morgan fingerprint density at radius 1 is 1.24 bits per heavy atom. The number of benzene rings is 1. The molecule has 1 fully saturated rings. The lowest BCUT2D eigenvalue weighted by atomic mass is 9.94. The Labute approximate surface area is 134 Å². The van der Waals surface area contributed by atoms with Gasteiger partial charge in [0.15, 0.2) is 0 Å². The van der Waals surface area contributed by atoms with Crippen LogP contribution in [0.5, 0.6) is 0 Å². The van der Waals surface area contributed by atoms with Crippen LogP contribution in [-0.4, -0.2) is 23.9 Å². The van der Waals surface area contributed by atoms with Crippen LogP contribution < -0.4 is 5.73 Å². The van der Waals surface area contributed by atoms with Crippen LogP contribution in [0.3, 0.4) is 0 Å². The van der Waals surface area contributed by atoms with E-state index in [-0.39, 0.29) is 30.3 Å². The zero-order valence-corrected chi connectivity index (χ0v) is 13.8. The van der Waals surface area contributed by atoms with Crippen molar-refractivity contribution in [2.45, 2.75) is 39.2 Å². The first-order chi connectivity index (χ1) is 9.59. The summed E-state index contributed by atoms with van der Waals surface area (Å²) in [6.07, 6.45) is 3.45. The van der Waals surface area contributed by atoms with Gasteiger partial charge in [0.25, 0.3) is 0 Å². The molecule has 0 aromatic heterocycles. The number of rotatable bonds is 3. The van der Waals surface area contributed by atoms with Gasteiger partial charge in [0.2, 0.25) is 5.91 Å². The predicted octanol–water partition coefficient (Wildman–Crippen LogP) is 3.39. The van der Waals surface area contributed by atoms with Gasteiger partial charge >= 0.3 is 0 Å². The van der Waals surface area contributed by atoms with E-state index >= 15 is 0 Å². The number of likely N-dealkylation sites (tertiary alicyclic amines) is 1. The summed E-state index contributed by atoms with van der Waals surface area (Å²) < 4.78 is 0. The average molecular weight is 311 g/mol. The minimum absolute atomic E-state index is 0. The highest BCUT2D eigenvalue weighted by Crippen LogP contribution is 2.23. The Kier molecular flexibility index (Phi) is 7.20. The molecule has 3 unspecified atom stereocenters. The summed E-state index contributed by atoms with van der Waals surface area (Å²) in [5.74, 6) is 0.771. The molecule has 0 radical (unpaired) electrons. The molecule has 4 heteroatoms. The summed E-state index contributed by atoms with van der Waals surface area (Å²) in [5.41, 5.74) is 7.30. The molecule has 1 aromatic carbocycles. The third-order valence-corrected chi connectivity index (χ3v) is 4.44. The van der Waals surface area contributed by atoms with Crippen molar-refractivity contribution >= 4 is 18.3 Å². The number of amides is 1.